The highest BCUT2D eigenvalue weighted by Gasteiger charge is 2.44. The van der Waals surface area contributed by atoms with Crippen LogP contribution in [-0.4, -0.2) is 30.6 Å². The fourth-order valence-electron chi connectivity index (χ4n) is 5.42. The lowest BCUT2D eigenvalue weighted by atomic mass is 9.90. The minimum absolute atomic E-state index is 0.0403. The van der Waals surface area contributed by atoms with Crippen LogP contribution in [0.5, 0.6) is 0 Å². The molecule has 6 heteroatoms. The number of nitrogens with zero attached hydrogens (tertiary/aromatic N) is 4. The van der Waals surface area contributed by atoms with E-state index >= 15 is 0 Å². The molecule has 3 aromatic heterocycles. The van der Waals surface area contributed by atoms with Crippen molar-refractivity contribution in [1.29, 1.82) is 0 Å². The number of nitrogens with one attached hydrogen (secondary N) is 1. The van der Waals surface area contributed by atoms with Crippen molar-refractivity contribution in [2.24, 2.45) is 0 Å². The number of hydrogen-bond acceptors (Lipinski definition) is 3. The van der Waals surface area contributed by atoms with Crippen LogP contribution in [0.15, 0.2) is 55.0 Å². The van der Waals surface area contributed by atoms with E-state index in [2.05, 4.69) is 57.9 Å². The molecule has 4 heterocycles. The van der Waals surface area contributed by atoms with Gasteiger partial charge in [0.1, 0.15) is 0 Å². The third-order valence-electron chi connectivity index (χ3n) is 6.80. The van der Waals surface area contributed by atoms with Crippen molar-refractivity contribution in [3.63, 3.8) is 0 Å². The van der Waals surface area contributed by atoms with Crippen LogP contribution < -0.4 is 5.32 Å². The van der Waals surface area contributed by atoms with Gasteiger partial charge >= 0.3 is 0 Å². The zero-order valence-electron chi connectivity index (χ0n) is 18.2. The standard InChI is InChI=1S/C25H29N5S/c1-17-15-21(18(2)29(17)20-11-8-13-26-16-20)24-23(22-12-6-7-14-27-22)28-25(31)30(24)19-9-4-3-5-10-19/h6-8,11-16,19,23-24H,3-5,9-10H2,1-2H3,(H,28,31). The highest BCUT2D eigenvalue weighted by Crippen LogP contribution is 2.44. The Morgan fingerprint density at radius 1 is 1.03 bits per heavy atom. The van der Waals surface area contributed by atoms with Gasteiger partial charge in [-0.25, -0.2) is 0 Å². The minimum Gasteiger partial charge on any atom is -0.352 e. The molecule has 2 atom stereocenters. The average Bonchev–Trinajstić information content (AvgIpc) is 3.30. The highest BCUT2D eigenvalue weighted by atomic mass is 32.1. The van der Waals surface area contributed by atoms with E-state index in [1.807, 2.05) is 30.7 Å². The van der Waals surface area contributed by atoms with Gasteiger partial charge in [-0.2, -0.15) is 0 Å². The van der Waals surface area contributed by atoms with Crippen molar-refractivity contribution in [2.45, 2.75) is 64.1 Å². The molecule has 1 N–H and O–H groups in total. The van der Waals surface area contributed by atoms with Gasteiger partial charge in [0.05, 0.1) is 29.7 Å². The monoisotopic (exact) mass is 431 g/mol. The predicted octanol–water partition coefficient (Wildman–Crippen LogP) is 5.19. The van der Waals surface area contributed by atoms with Crippen LogP contribution in [0.25, 0.3) is 5.69 Å². The molecule has 2 fully saturated rings. The van der Waals surface area contributed by atoms with Gasteiger partial charge in [-0.3, -0.25) is 9.97 Å². The van der Waals surface area contributed by atoms with E-state index in [0.29, 0.717) is 6.04 Å². The summed E-state index contributed by atoms with van der Waals surface area (Å²) in [5.41, 5.74) is 5.90. The molecular formula is C25H29N5S. The van der Waals surface area contributed by atoms with Gasteiger partial charge in [0, 0.05) is 29.8 Å². The van der Waals surface area contributed by atoms with Crippen LogP contribution in [0.1, 0.15) is 66.8 Å². The van der Waals surface area contributed by atoms with Crippen molar-refractivity contribution >= 4 is 17.3 Å². The van der Waals surface area contributed by atoms with Gasteiger partial charge < -0.3 is 14.8 Å². The molecule has 0 radical (unpaired) electrons. The second-order valence-corrected chi connectivity index (χ2v) is 9.09. The van der Waals surface area contributed by atoms with Crippen molar-refractivity contribution < 1.29 is 0 Å². The highest BCUT2D eigenvalue weighted by molar-refractivity contribution is 7.80. The van der Waals surface area contributed by atoms with E-state index in [0.717, 1.165) is 16.5 Å². The van der Waals surface area contributed by atoms with Crippen LogP contribution in [0.4, 0.5) is 0 Å². The molecule has 5 rings (SSSR count). The molecule has 2 unspecified atom stereocenters. The van der Waals surface area contributed by atoms with Gasteiger partial charge in [0.15, 0.2) is 5.11 Å². The molecule has 31 heavy (non-hydrogen) atoms. The first kappa shape index (κ1) is 20.2. The smallest absolute Gasteiger partial charge is 0.170 e. The summed E-state index contributed by atoms with van der Waals surface area (Å²) in [4.78, 5) is 11.5. The summed E-state index contributed by atoms with van der Waals surface area (Å²) in [6, 6.07) is 13.2. The maximum atomic E-state index is 5.92. The number of aryl methyl sites for hydroxylation is 1. The van der Waals surface area contributed by atoms with Gasteiger partial charge in [0.25, 0.3) is 0 Å². The molecule has 0 spiro atoms. The maximum Gasteiger partial charge on any atom is 0.170 e. The van der Waals surface area contributed by atoms with Crippen LogP contribution in [0, 0.1) is 13.8 Å². The fraction of sp³-hybridized carbons (Fsp3) is 0.400. The molecular weight excluding hydrogens is 402 g/mol. The summed E-state index contributed by atoms with van der Waals surface area (Å²) >= 11 is 5.92. The molecule has 0 aromatic carbocycles. The summed E-state index contributed by atoms with van der Waals surface area (Å²) in [5, 5.41) is 4.50. The van der Waals surface area contributed by atoms with Gasteiger partial charge in [-0.05, 0) is 74.8 Å². The zero-order chi connectivity index (χ0) is 21.4. The number of pyridine rings is 2. The van der Waals surface area contributed by atoms with E-state index in [9.17, 15) is 0 Å². The second-order valence-electron chi connectivity index (χ2n) is 8.70. The lowest BCUT2D eigenvalue weighted by Gasteiger charge is -2.37. The molecule has 160 valence electrons. The zero-order valence-corrected chi connectivity index (χ0v) is 19.0. The van der Waals surface area contributed by atoms with E-state index < -0.39 is 0 Å². The molecule has 2 aliphatic rings. The van der Waals surface area contributed by atoms with Crippen LogP contribution in [-0.2, 0) is 0 Å². The summed E-state index contributed by atoms with van der Waals surface area (Å²) in [6.45, 7) is 4.39. The Kier molecular flexibility index (Phi) is 5.48. The van der Waals surface area contributed by atoms with Crippen molar-refractivity contribution in [3.05, 3.63) is 77.6 Å². The van der Waals surface area contributed by atoms with Gasteiger partial charge in [-0.15, -0.1) is 0 Å². The SMILES string of the molecule is Cc1cc(C2C(c3ccccn3)NC(=S)N2C2CCCCC2)c(C)n1-c1cccnc1. The summed E-state index contributed by atoms with van der Waals surface area (Å²) in [6.07, 6.45) is 11.9. The number of aromatic nitrogens is 3. The molecule has 1 saturated heterocycles. The molecule has 3 aromatic rings. The Labute approximate surface area is 189 Å². The Balaban J connectivity index is 1.62. The quantitative estimate of drug-likeness (QED) is 0.576. The number of rotatable bonds is 4. The third-order valence-corrected chi connectivity index (χ3v) is 7.13. The first-order valence-electron chi connectivity index (χ1n) is 11.2. The van der Waals surface area contributed by atoms with Crippen molar-refractivity contribution in [2.75, 3.05) is 0 Å². The summed E-state index contributed by atoms with van der Waals surface area (Å²) in [7, 11) is 0. The minimum atomic E-state index is 0.0403. The lowest BCUT2D eigenvalue weighted by molar-refractivity contribution is 0.197. The summed E-state index contributed by atoms with van der Waals surface area (Å²) < 4.78 is 2.30. The summed E-state index contributed by atoms with van der Waals surface area (Å²) in [5.74, 6) is 0. The van der Waals surface area contributed by atoms with Crippen LogP contribution in [0.3, 0.4) is 0 Å². The van der Waals surface area contributed by atoms with Crippen LogP contribution in [0.2, 0.25) is 0 Å². The number of hydrogen-bond donors (Lipinski definition) is 1. The molecule has 5 nitrogen and oxygen atoms in total. The largest absolute Gasteiger partial charge is 0.352 e. The lowest BCUT2D eigenvalue weighted by Crippen LogP contribution is -2.40. The van der Waals surface area contributed by atoms with Gasteiger partial charge in [0.2, 0.25) is 0 Å². The first-order chi connectivity index (χ1) is 15.1. The maximum absolute atomic E-state index is 5.92. The molecule has 0 bridgehead atoms. The molecule has 1 aliphatic heterocycles. The van der Waals surface area contributed by atoms with Gasteiger partial charge in [-0.1, -0.05) is 25.3 Å². The van der Waals surface area contributed by atoms with E-state index in [1.54, 1.807) is 0 Å². The number of thiocarbonyl (C=S) groups is 1. The van der Waals surface area contributed by atoms with Crippen molar-refractivity contribution in [3.8, 4) is 5.69 Å². The molecule has 1 saturated carbocycles. The predicted molar refractivity (Wildman–Crippen MR) is 127 cm³/mol. The molecule has 0 amide bonds. The van der Waals surface area contributed by atoms with Crippen molar-refractivity contribution in [1.82, 2.24) is 24.8 Å². The van der Waals surface area contributed by atoms with E-state index in [4.69, 9.17) is 17.2 Å². The van der Waals surface area contributed by atoms with E-state index in [1.165, 1.54) is 49.1 Å². The Hall–Kier alpha value is -2.73. The normalized spacial score (nSPS) is 22.0. The fourth-order valence-corrected chi connectivity index (χ4v) is 5.81. The Morgan fingerprint density at radius 2 is 1.87 bits per heavy atom. The third kappa shape index (κ3) is 3.63. The topological polar surface area (TPSA) is 46.0 Å². The average molecular weight is 432 g/mol. The first-order valence-corrected chi connectivity index (χ1v) is 11.6. The van der Waals surface area contributed by atoms with E-state index in [-0.39, 0.29) is 12.1 Å². The Morgan fingerprint density at radius 3 is 2.58 bits per heavy atom. The molecule has 1 aliphatic carbocycles. The second kappa shape index (κ2) is 8.42. The Bertz CT molecular complexity index is 1060. The van der Waals surface area contributed by atoms with Crippen LogP contribution >= 0.6 is 12.2 Å².